The molecule has 1 heterocycles. The van der Waals surface area contributed by atoms with Gasteiger partial charge < -0.3 is 9.47 Å². The molecule has 0 radical (unpaired) electrons. The fraction of sp³-hybridized carbons (Fsp3) is 0.444. The number of rotatable bonds is 4. The van der Waals surface area contributed by atoms with Gasteiger partial charge in [0.25, 0.3) is 0 Å². The molecule has 1 aliphatic heterocycles. The van der Waals surface area contributed by atoms with Crippen LogP contribution in [0.25, 0.3) is 0 Å². The van der Waals surface area contributed by atoms with Crippen LogP contribution in [0.1, 0.15) is 6.92 Å². The first-order valence-electron chi connectivity index (χ1n) is 3.70. The highest BCUT2D eigenvalue weighted by Crippen LogP contribution is 2.28. The Balaban J connectivity index is 2.30. The van der Waals surface area contributed by atoms with Gasteiger partial charge in [0, 0.05) is 5.57 Å². The van der Waals surface area contributed by atoms with E-state index in [-0.39, 0.29) is 12.6 Å². The van der Waals surface area contributed by atoms with Crippen molar-refractivity contribution in [1.82, 2.24) is 0 Å². The Morgan fingerprint density at radius 1 is 1.83 bits per heavy atom. The Morgan fingerprint density at radius 2 is 2.42 bits per heavy atom. The molecule has 0 aliphatic carbocycles. The van der Waals surface area contributed by atoms with Gasteiger partial charge in [-0.05, 0) is 6.92 Å². The second-order valence-electron chi connectivity index (χ2n) is 2.91. The van der Waals surface area contributed by atoms with Gasteiger partial charge in [-0.15, -0.1) is 6.58 Å². The summed E-state index contributed by atoms with van der Waals surface area (Å²) in [7, 11) is 0. The van der Waals surface area contributed by atoms with Crippen molar-refractivity contribution in [3.05, 3.63) is 24.8 Å². The van der Waals surface area contributed by atoms with Crippen LogP contribution in [-0.4, -0.2) is 24.8 Å². The van der Waals surface area contributed by atoms with Gasteiger partial charge in [0.05, 0.1) is 6.61 Å². The molecule has 3 heteroatoms. The summed E-state index contributed by atoms with van der Waals surface area (Å²) in [6.45, 7) is 9.47. The van der Waals surface area contributed by atoms with Crippen LogP contribution in [-0.2, 0) is 14.3 Å². The molecule has 0 bridgehead atoms. The molecule has 1 fully saturated rings. The van der Waals surface area contributed by atoms with Crippen LogP contribution in [0.2, 0.25) is 0 Å². The Hall–Kier alpha value is -1.09. The monoisotopic (exact) mass is 168 g/mol. The molecule has 1 saturated heterocycles. The van der Waals surface area contributed by atoms with Gasteiger partial charge in [-0.2, -0.15) is 0 Å². The quantitative estimate of drug-likeness (QED) is 0.273. The maximum Gasteiger partial charge on any atom is 0.333 e. The third-order valence-corrected chi connectivity index (χ3v) is 1.68. The first-order valence-corrected chi connectivity index (χ1v) is 3.70. The minimum Gasteiger partial charge on any atom is -0.459 e. The van der Waals surface area contributed by atoms with Gasteiger partial charge in [-0.1, -0.05) is 12.7 Å². The summed E-state index contributed by atoms with van der Waals surface area (Å²) < 4.78 is 9.94. The maximum atomic E-state index is 10.9. The molecule has 1 unspecified atom stereocenters. The van der Waals surface area contributed by atoms with E-state index in [9.17, 15) is 4.79 Å². The molecule has 0 aromatic heterocycles. The van der Waals surface area contributed by atoms with E-state index in [4.69, 9.17) is 9.47 Å². The lowest BCUT2D eigenvalue weighted by molar-refractivity contribution is -0.140. The largest absolute Gasteiger partial charge is 0.459 e. The summed E-state index contributed by atoms with van der Waals surface area (Å²) in [5.74, 6) is -0.383. The number of ether oxygens (including phenoxy) is 2. The number of epoxide rings is 1. The van der Waals surface area contributed by atoms with E-state index in [1.54, 1.807) is 13.0 Å². The molecule has 0 saturated carbocycles. The molecule has 1 atom stereocenters. The van der Waals surface area contributed by atoms with Crippen LogP contribution in [0, 0.1) is 0 Å². The van der Waals surface area contributed by atoms with Gasteiger partial charge in [-0.25, -0.2) is 4.79 Å². The van der Waals surface area contributed by atoms with E-state index in [0.717, 1.165) is 0 Å². The van der Waals surface area contributed by atoms with Crippen LogP contribution in [0.5, 0.6) is 0 Å². The SMILES string of the molecule is C=CC1(COC(=O)C(=C)C)CO1. The zero-order valence-corrected chi connectivity index (χ0v) is 7.13. The molecule has 0 amide bonds. The van der Waals surface area contributed by atoms with E-state index in [1.165, 1.54) is 0 Å². The number of hydrogen-bond acceptors (Lipinski definition) is 3. The fourth-order valence-electron chi connectivity index (χ4n) is 0.664. The van der Waals surface area contributed by atoms with Crippen molar-refractivity contribution in [2.75, 3.05) is 13.2 Å². The summed E-state index contributed by atoms with van der Waals surface area (Å²) in [5, 5.41) is 0. The molecule has 1 rings (SSSR count). The average Bonchev–Trinajstić information content (AvgIpc) is 2.81. The van der Waals surface area contributed by atoms with Gasteiger partial charge in [0.1, 0.15) is 12.2 Å². The van der Waals surface area contributed by atoms with Crippen LogP contribution in [0.15, 0.2) is 24.8 Å². The Labute approximate surface area is 71.7 Å². The molecule has 1 aliphatic rings. The molecule has 0 N–H and O–H groups in total. The molecular formula is C9H12O3. The molecule has 3 nitrogen and oxygen atoms in total. The predicted molar refractivity (Wildman–Crippen MR) is 44.7 cm³/mol. The zero-order valence-electron chi connectivity index (χ0n) is 7.13. The predicted octanol–water partition coefficient (Wildman–Crippen LogP) is 1.06. The number of carbonyl (C=O) groups is 1. The maximum absolute atomic E-state index is 10.9. The molecule has 0 aromatic carbocycles. The Bertz CT molecular complexity index is 226. The normalized spacial score (nSPS) is 26.1. The highest BCUT2D eigenvalue weighted by Gasteiger charge is 2.43. The topological polar surface area (TPSA) is 38.8 Å². The van der Waals surface area contributed by atoms with Crippen LogP contribution >= 0.6 is 0 Å². The lowest BCUT2D eigenvalue weighted by Crippen LogP contribution is -2.19. The summed E-state index contributed by atoms with van der Waals surface area (Å²) >= 11 is 0. The van der Waals surface area contributed by atoms with Crippen molar-refractivity contribution in [3.63, 3.8) is 0 Å². The number of carbonyl (C=O) groups excluding carboxylic acids is 1. The fourth-order valence-corrected chi connectivity index (χ4v) is 0.664. The highest BCUT2D eigenvalue weighted by molar-refractivity contribution is 5.86. The van der Waals surface area contributed by atoms with Crippen LogP contribution < -0.4 is 0 Å². The Morgan fingerprint density at radius 3 is 2.75 bits per heavy atom. The molecule has 12 heavy (non-hydrogen) atoms. The summed E-state index contributed by atoms with van der Waals surface area (Å²) in [5.41, 5.74) is -0.0136. The third-order valence-electron chi connectivity index (χ3n) is 1.68. The van der Waals surface area contributed by atoms with E-state index < -0.39 is 5.60 Å². The average molecular weight is 168 g/mol. The molecule has 0 spiro atoms. The lowest BCUT2D eigenvalue weighted by atomic mass is 10.2. The van der Waals surface area contributed by atoms with E-state index in [0.29, 0.717) is 12.2 Å². The zero-order chi connectivity index (χ0) is 9.19. The van der Waals surface area contributed by atoms with Crippen molar-refractivity contribution in [3.8, 4) is 0 Å². The summed E-state index contributed by atoms with van der Waals surface area (Å²) in [6, 6.07) is 0. The second kappa shape index (κ2) is 3.11. The van der Waals surface area contributed by atoms with Gasteiger partial charge in [0.15, 0.2) is 0 Å². The van der Waals surface area contributed by atoms with Crippen molar-refractivity contribution in [2.45, 2.75) is 12.5 Å². The molecule has 66 valence electrons. The highest BCUT2D eigenvalue weighted by atomic mass is 16.6. The Kier molecular flexibility index (Phi) is 2.33. The first kappa shape index (κ1) is 9.00. The lowest BCUT2D eigenvalue weighted by Gasteiger charge is -2.06. The van der Waals surface area contributed by atoms with E-state index in [2.05, 4.69) is 13.2 Å². The van der Waals surface area contributed by atoms with Gasteiger partial charge in [-0.3, -0.25) is 0 Å². The third kappa shape index (κ3) is 1.95. The minimum absolute atomic E-state index is 0.238. The van der Waals surface area contributed by atoms with Gasteiger partial charge >= 0.3 is 5.97 Å². The molecular weight excluding hydrogens is 156 g/mol. The van der Waals surface area contributed by atoms with Gasteiger partial charge in [0.2, 0.25) is 0 Å². The van der Waals surface area contributed by atoms with E-state index in [1.807, 2.05) is 0 Å². The van der Waals surface area contributed by atoms with E-state index >= 15 is 0 Å². The van der Waals surface area contributed by atoms with Crippen LogP contribution in [0.3, 0.4) is 0 Å². The second-order valence-corrected chi connectivity index (χ2v) is 2.91. The molecule has 0 aromatic rings. The first-order chi connectivity index (χ1) is 5.59. The minimum atomic E-state index is -0.412. The van der Waals surface area contributed by atoms with Crippen molar-refractivity contribution < 1.29 is 14.3 Å². The van der Waals surface area contributed by atoms with Crippen LogP contribution in [0.4, 0.5) is 0 Å². The van der Waals surface area contributed by atoms with Crippen molar-refractivity contribution in [1.29, 1.82) is 0 Å². The number of hydrogen-bond donors (Lipinski definition) is 0. The summed E-state index contributed by atoms with van der Waals surface area (Å²) in [6.07, 6.45) is 1.65. The standard InChI is InChI=1S/C9H12O3/c1-4-9(6-12-9)5-11-8(10)7(2)3/h4H,1-2,5-6H2,3H3. The number of esters is 1. The smallest absolute Gasteiger partial charge is 0.333 e. The van der Waals surface area contributed by atoms with Crippen molar-refractivity contribution in [2.24, 2.45) is 0 Å². The summed E-state index contributed by atoms with van der Waals surface area (Å²) in [4.78, 5) is 10.9. The van der Waals surface area contributed by atoms with Crippen molar-refractivity contribution >= 4 is 5.97 Å².